The molecular weight excluding hydrogens is 266 g/mol. The Morgan fingerprint density at radius 2 is 2.11 bits per heavy atom. The second kappa shape index (κ2) is 4.25. The number of nitrogens with one attached hydrogen (secondary N) is 1. The molecule has 0 amide bonds. The number of hydrogen-bond donors (Lipinski definition) is 2. The molecule has 0 spiro atoms. The SMILES string of the molecule is Nc1ccc(Nc2nc3sccn3c2[N+](=O)[O-])cc1. The first kappa shape index (κ1) is 11.5. The summed E-state index contributed by atoms with van der Waals surface area (Å²) in [5.41, 5.74) is 6.92. The Bertz CT molecular complexity index is 746. The van der Waals surface area contributed by atoms with Crippen molar-refractivity contribution < 1.29 is 4.92 Å². The van der Waals surface area contributed by atoms with Gasteiger partial charge in [0.1, 0.15) is 6.20 Å². The van der Waals surface area contributed by atoms with E-state index in [0.29, 0.717) is 16.3 Å². The van der Waals surface area contributed by atoms with E-state index >= 15 is 0 Å². The zero-order valence-corrected chi connectivity index (χ0v) is 10.4. The fraction of sp³-hybridized carbons (Fsp3) is 0. The van der Waals surface area contributed by atoms with E-state index in [-0.39, 0.29) is 11.6 Å². The zero-order chi connectivity index (χ0) is 13.4. The lowest BCUT2D eigenvalue weighted by molar-refractivity contribution is -0.389. The molecule has 0 saturated carbocycles. The molecule has 0 unspecified atom stereocenters. The summed E-state index contributed by atoms with van der Waals surface area (Å²) in [6.07, 6.45) is 1.62. The number of hydrogen-bond acceptors (Lipinski definition) is 6. The fourth-order valence-corrected chi connectivity index (χ4v) is 2.44. The van der Waals surface area contributed by atoms with Crippen molar-refractivity contribution >= 4 is 39.3 Å². The van der Waals surface area contributed by atoms with Crippen molar-refractivity contribution in [2.45, 2.75) is 0 Å². The predicted molar refractivity (Wildman–Crippen MR) is 73.9 cm³/mol. The molecule has 2 aromatic heterocycles. The Balaban J connectivity index is 2.04. The van der Waals surface area contributed by atoms with Crippen LogP contribution in [0.15, 0.2) is 35.8 Å². The zero-order valence-electron chi connectivity index (χ0n) is 9.61. The van der Waals surface area contributed by atoms with Crippen molar-refractivity contribution in [3.05, 3.63) is 46.0 Å². The molecule has 0 atom stereocenters. The van der Waals surface area contributed by atoms with Crippen LogP contribution in [0.4, 0.5) is 23.0 Å². The van der Waals surface area contributed by atoms with Crippen molar-refractivity contribution in [1.82, 2.24) is 9.38 Å². The molecule has 0 fully saturated rings. The number of nitro groups is 1. The summed E-state index contributed by atoms with van der Waals surface area (Å²) >= 11 is 1.34. The van der Waals surface area contributed by atoms with E-state index in [9.17, 15) is 10.1 Å². The Morgan fingerprint density at radius 3 is 2.79 bits per heavy atom. The molecule has 19 heavy (non-hydrogen) atoms. The first-order valence-electron chi connectivity index (χ1n) is 5.37. The summed E-state index contributed by atoms with van der Waals surface area (Å²) in [6.45, 7) is 0. The van der Waals surface area contributed by atoms with E-state index in [1.54, 1.807) is 35.8 Å². The molecule has 3 rings (SSSR count). The molecule has 0 aliphatic carbocycles. The van der Waals surface area contributed by atoms with Crippen molar-refractivity contribution in [2.24, 2.45) is 0 Å². The van der Waals surface area contributed by atoms with E-state index in [4.69, 9.17) is 5.73 Å². The molecule has 0 saturated heterocycles. The van der Waals surface area contributed by atoms with Crippen LogP contribution in [0.1, 0.15) is 0 Å². The van der Waals surface area contributed by atoms with Gasteiger partial charge in [0.15, 0.2) is 0 Å². The number of anilines is 3. The Morgan fingerprint density at radius 1 is 1.37 bits per heavy atom. The number of thiazole rings is 1. The highest BCUT2D eigenvalue weighted by molar-refractivity contribution is 7.15. The smallest absolute Gasteiger partial charge is 0.373 e. The minimum Gasteiger partial charge on any atom is -0.399 e. The molecule has 0 bridgehead atoms. The topological polar surface area (TPSA) is 98.5 Å². The highest BCUT2D eigenvalue weighted by Crippen LogP contribution is 2.30. The summed E-state index contributed by atoms with van der Waals surface area (Å²) in [7, 11) is 0. The minimum absolute atomic E-state index is 0.0759. The van der Waals surface area contributed by atoms with Crippen LogP contribution in [0, 0.1) is 10.1 Å². The van der Waals surface area contributed by atoms with Gasteiger partial charge in [-0.1, -0.05) is 11.3 Å². The minimum atomic E-state index is -0.452. The molecule has 3 N–H and O–H groups in total. The molecule has 0 aliphatic heterocycles. The van der Waals surface area contributed by atoms with Gasteiger partial charge < -0.3 is 21.2 Å². The van der Waals surface area contributed by atoms with Gasteiger partial charge in [-0.25, -0.2) is 0 Å². The van der Waals surface area contributed by atoms with E-state index in [2.05, 4.69) is 10.3 Å². The van der Waals surface area contributed by atoms with Crippen LogP contribution in [-0.4, -0.2) is 14.3 Å². The highest BCUT2D eigenvalue weighted by Gasteiger charge is 2.23. The van der Waals surface area contributed by atoms with Crippen LogP contribution in [-0.2, 0) is 0 Å². The maximum Gasteiger partial charge on any atom is 0.373 e. The summed E-state index contributed by atoms with van der Waals surface area (Å²) in [6, 6.07) is 6.91. The molecule has 0 aliphatic rings. The highest BCUT2D eigenvalue weighted by atomic mass is 32.1. The third-order valence-corrected chi connectivity index (χ3v) is 3.34. The number of nitrogens with zero attached hydrogens (tertiary/aromatic N) is 3. The lowest BCUT2D eigenvalue weighted by atomic mass is 10.3. The average Bonchev–Trinajstić information content (AvgIpc) is 2.91. The molecule has 0 radical (unpaired) electrons. The number of nitrogens with two attached hydrogens (primary N) is 1. The standard InChI is InChI=1S/C11H9N5O2S/c12-7-1-3-8(4-2-7)13-9-10(16(17)18)15-5-6-19-11(15)14-9/h1-6,13H,12H2. The third-order valence-electron chi connectivity index (χ3n) is 2.58. The van der Waals surface area contributed by atoms with Crippen molar-refractivity contribution in [2.75, 3.05) is 11.1 Å². The van der Waals surface area contributed by atoms with Crippen LogP contribution >= 0.6 is 11.3 Å². The molecular formula is C11H9N5O2S. The van der Waals surface area contributed by atoms with Gasteiger partial charge in [-0.2, -0.15) is 9.38 Å². The quantitative estimate of drug-likeness (QED) is 0.435. The fourth-order valence-electron chi connectivity index (χ4n) is 1.74. The molecule has 1 aromatic carbocycles. The number of fused-ring (bicyclic) bond motifs is 1. The van der Waals surface area contributed by atoms with Gasteiger partial charge in [0.05, 0.1) is 0 Å². The van der Waals surface area contributed by atoms with Crippen molar-refractivity contribution in [3.8, 4) is 0 Å². The number of rotatable bonds is 3. The van der Waals surface area contributed by atoms with Gasteiger partial charge in [0.25, 0.3) is 4.96 Å². The maximum atomic E-state index is 11.1. The summed E-state index contributed by atoms with van der Waals surface area (Å²) in [4.78, 5) is 15.5. The molecule has 2 heterocycles. The third kappa shape index (κ3) is 1.97. The first-order valence-corrected chi connectivity index (χ1v) is 6.25. The second-order valence-corrected chi connectivity index (χ2v) is 4.72. The van der Waals surface area contributed by atoms with Crippen molar-refractivity contribution in [3.63, 3.8) is 0 Å². The van der Waals surface area contributed by atoms with Crippen molar-refractivity contribution in [1.29, 1.82) is 0 Å². The van der Waals surface area contributed by atoms with E-state index in [1.165, 1.54) is 15.7 Å². The van der Waals surface area contributed by atoms with E-state index < -0.39 is 4.92 Å². The lowest BCUT2D eigenvalue weighted by Gasteiger charge is -2.03. The lowest BCUT2D eigenvalue weighted by Crippen LogP contribution is -1.98. The molecule has 7 nitrogen and oxygen atoms in total. The number of imidazole rings is 1. The van der Waals surface area contributed by atoms with E-state index in [1.807, 2.05) is 0 Å². The predicted octanol–water partition coefficient (Wildman–Crippen LogP) is 2.63. The number of aromatic nitrogens is 2. The van der Waals surface area contributed by atoms with Crippen LogP contribution in [0.5, 0.6) is 0 Å². The second-order valence-electron chi connectivity index (χ2n) is 3.84. The van der Waals surface area contributed by atoms with Gasteiger partial charge >= 0.3 is 5.82 Å². The molecule has 3 aromatic rings. The monoisotopic (exact) mass is 275 g/mol. The van der Waals surface area contributed by atoms with Crippen LogP contribution < -0.4 is 11.1 Å². The van der Waals surface area contributed by atoms with Crippen LogP contribution in [0.3, 0.4) is 0 Å². The Hall–Kier alpha value is -2.61. The number of benzene rings is 1. The van der Waals surface area contributed by atoms with Gasteiger partial charge in [-0.05, 0) is 29.2 Å². The summed E-state index contributed by atoms with van der Waals surface area (Å²) in [5.74, 6) is 0.148. The van der Waals surface area contributed by atoms with Gasteiger partial charge in [-0.3, -0.25) is 0 Å². The molecule has 96 valence electrons. The van der Waals surface area contributed by atoms with Gasteiger partial charge in [0.2, 0.25) is 5.82 Å². The summed E-state index contributed by atoms with van der Waals surface area (Å²) < 4.78 is 1.45. The van der Waals surface area contributed by atoms with Gasteiger partial charge in [0, 0.05) is 16.8 Å². The first-order chi connectivity index (χ1) is 9.15. The normalized spacial score (nSPS) is 10.7. The Labute approximate surface area is 111 Å². The molecule has 8 heteroatoms. The van der Waals surface area contributed by atoms with Gasteiger partial charge in [-0.15, -0.1) is 0 Å². The Kier molecular flexibility index (Phi) is 2.57. The largest absolute Gasteiger partial charge is 0.399 e. The average molecular weight is 275 g/mol. The maximum absolute atomic E-state index is 11.1. The van der Waals surface area contributed by atoms with Crippen LogP contribution in [0.25, 0.3) is 4.96 Å². The van der Waals surface area contributed by atoms with E-state index in [0.717, 1.165) is 0 Å². The van der Waals surface area contributed by atoms with Crippen LogP contribution in [0.2, 0.25) is 0 Å². The number of nitrogen functional groups attached to an aromatic ring is 1. The summed E-state index contributed by atoms with van der Waals surface area (Å²) in [5, 5.41) is 15.8.